The fourth-order valence-corrected chi connectivity index (χ4v) is 1.79. The first kappa shape index (κ1) is 13.4. The van der Waals surface area contributed by atoms with E-state index in [0.717, 1.165) is 0 Å². The molecular formula is C15H14ClNO2. The molecule has 4 heteroatoms. The number of hydrogen-bond acceptors (Lipinski definition) is 2. The molecule has 0 aromatic heterocycles. The molecule has 0 unspecified atom stereocenters. The van der Waals surface area contributed by atoms with Crippen LogP contribution in [0.5, 0.6) is 5.75 Å². The van der Waals surface area contributed by atoms with Gasteiger partial charge >= 0.3 is 0 Å². The maximum atomic E-state index is 12.2. The van der Waals surface area contributed by atoms with Gasteiger partial charge in [-0.3, -0.25) is 4.79 Å². The van der Waals surface area contributed by atoms with Gasteiger partial charge in [0.15, 0.2) is 0 Å². The molecule has 0 saturated heterocycles. The van der Waals surface area contributed by atoms with Crippen molar-refractivity contribution >= 4 is 23.2 Å². The molecule has 0 aliphatic rings. The second kappa shape index (κ2) is 6.25. The Kier molecular flexibility index (Phi) is 4.42. The second-order valence-electron chi connectivity index (χ2n) is 3.89. The summed E-state index contributed by atoms with van der Waals surface area (Å²) in [5, 5.41) is 3.44. The number of hydrogen-bond donors (Lipinski definition) is 1. The molecule has 1 N–H and O–H groups in total. The zero-order valence-corrected chi connectivity index (χ0v) is 11.3. The van der Waals surface area contributed by atoms with Crippen LogP contribution in [0.1, 0.15) is 17.3 Å². The minimum absolute atomic E-state index is 0.202. The standard InChI is InChI=1S/C15H14ClNO2/c1-2-19-14-6-4-3-5-13(14)15(18)17-12-9-7-11(16)8-10-12/h3-10H,2H2,1H3,(H,17,18). The molecule has 1 amide bonds. The lowest BCUT2D eigenvalue weighted by Gasteiger charge is -2.10. The highest BCUT2D eigenvalue weighted by atomic mass is 35.5. The molecule has 0 bridgehead atoms. The molecule has 0 aliphatic heterocycles. The molecule has 3 nitrogen and oxygen atoms in total. The number of benzene rings is 2. The van der Waals surface area contributed by atoms with Crippen molar-refractivity contribution in [1.82, 2.24) is 0 Å². The highest BCUT2D eigenvalue weighted by molar-refractivity contribution is 6.30. The van der Waals surface area contributed by atoms with Crippen LogP contribution in [-0.2, 0) is 0 Å². The molecule has 2 rings (SSSR count). The lowest BCUT2D eigenvalue weighted by atomic mass is 10.2. The van der Waals surface area contributed by atoms with Crippen molar-refractivity contribution in [3.63, 3.8) is 0 Å². The molecule has 19 heavy (non-hydrogen) atoms. The van der Waals surface area contributed by atoms with Crippen molar-refractivity contribution < 1.29 is 9.53 Å². The SMILES string of the molecule is CCOc1ccccc1C(=O)Nc1ccc(Cl)cc1. The summed E-state index contributed by atoms with van der Waals surface area (Å²) in [5.41, 5.74) is 1.21. The Hall–Kier alpha value is -2.00. The van der Waals surface area contributed by atoms with Crippen LogP contribution in [0, 0.1) is 0 Å². The Morgan fingerprint density at radius 1 is 1.16 bits per heavy atom. The predicted molar refractivity (Wildman–Crippen MR) is 77.0 cm³/mol. The summed E-state index contributed by atoms with van der Waals surface area (Å²) in [6.45, 7) is 2.40. The first-order chi connectivity index (χ1) is 9.20. The van der Waals surface area contributed by atoms with E-state index >= 15 is 0 Å². The molecule has 0 aliphatic carbocycles. The van der Waals surface area contributed by atoms with Gasteiger partial charge in [0.05, 0.1) is 12.2 Å². The Morgan fingerprint density at radius 2 is 1.84 bits per heavy atom. The Bertz CT molecular complexity index is 567. The third-order valence-electron chi connectivity index (χ3n) is 2.53. The van der Waals surface area contributed by atoms with Crippen molar-refractivity contribution in [2.24, 2.45) is 0 Å². The van der Waals surface area contributed by atoms with Crippen molar-refractivity contribution in [2.75, 3.05) is 11.9 Å². The van der Waals surface area contributed by atoms with Crippen molar-refractivity contribution in [1.29, 1.82) is 0 Å². The second-order valence-corrected chi connectivity index (χ2v) is 4.33. The minimum Gasteiger partial charge on any atom is -0.493 e. The van der Waals surface area contributed by atoms with Crippen LogP contribution in [0.25, 0.3) is 0 Å². The van der Waals surface area contributed by atoms with Gasteiger partial charge in [0, 0.05) is 10.7 Å². The van der Waals surface area contributed by atoms with E-state index in [0.29, 0.717) is 28.6 Å². The first-order valence-electron chi connectivity index (χ1n) is 5.99. The van der Waals surface area contributed by atoms with Crippen LogP contribution in [0.3, 0.4) is 0 Å². The zero-order valence-electron chi connectivity index (χ0n) is 10.5. The van der Waals surface area contributed by atoms with E-state index in [4.69, 9.17) is 16.3 Å². The maximum absolute atomic E-state index is 12.2. The third-order valence-corrected chi connectivity index (χ3v) is 2.79. The molecule has 0 saturated carbocycles. The summed E-state index contributed by atoms with van der Waals surface area (Å²) in [6, 6.07) is 14.1. The summed E-state index contributed by atoms with van der Waals surface area (Å²) in [5.74, 6) is 0.378. The minimum atomic E-state index is -0.202. The van der Waals surface area contributed by atoms with Gasteiger partial charge in [0.2, 0.25) is 0 Å². The van der Waals surface area contributed by atoms with E-state index < -0.39 is 0 Å². The highest BCUT2D eigenvalue weighted by Gasteiger charge is 2.11. The van der Waals surface area contributed by atoms with Gasteiger partial charge in [-0.15, -0.1) is 0 Å². The van der Waals surface area contributed by atoms with Crippen LogP contribution in [-0.4, -0.2) is 12.5 Å². The number of carbonyl (C=O) groups excluding carboxylic acids is 1. The molecule has 0 heterocycles. The fraction of sp³-hybridized carbons (Fsp3) is 0.133. The van der Waals surface area contributed by atoms with Crippen molar-refractivity contribution in [3.8, 4) is 5.75 Å². The third kappa shape index (κ3) is 3.48. The summed E-state index contributed by atoms with van der Waals surface area (Å²) in [7, 11) is 0. The smallest absolute Gasteiger partial charge is 0.259 e. The van der Waals surface area contributed by atoms with Gasteiger partial charge in [-0.1, -0.05) is 23.7 Å². The highest BCUT2D eigenvalue weighted by Crippen LogP contribution is 2.20. The van der Waals surface area contributed by atoms with Crippen LogP contribution in [0.4, 0.5) is 5.69 Å². The van der Waals surface area contributed by atoms with E-state index in [9.17, 15) is 4.79 Å². The summed E-state index contributed by atoms with van der Waals surface area (Å²) in [4.78, 5) is 12.2. The van der Waals surface area contributed by atoms with Gasteiger partial charge in [0.25, 0.3) is 5.91 Å². The van der Waals surface area contributed by atoms with Gasteiger partial charge in [-0.2, -0.15) is 0 Å². The Morgan fingerprint density at radius 3 is 2.53 bits per heavy atom. The Labute approximate surface area is 117 Å². The van der Waals surface area contributed by atoms with E-state index in [1.165, 1.54) is 0 Å². The van der Waals surface area contributed by atoms with Gasteiger partial charge < -0.3 is 10.1 Å². The number of carbonyl (C=O) groups is 1. The number of para-hydroxylation sites is 1. The molecule has 2 aromatic carbocycles. The average Bonchev–Trinajstić information content (AvgIpc) is 2.42. The van der Waals surface area contributed by atoms with E-state index in [1.54, 1.807) is 42.5 Å². The summed E-state index contributed by atoms with van der Waals surface area (Å²) >= 11 is 5.80. The van der Waals surface area contributed by atoms with Crippen molar-refractivity contribution in [2.45, 2.75) is 6.92 Å². The average molecular weight is 276 g/mol. The van der Waals surface area contributed by atoms with Crippen molar-refractivity contribution in [3.05, 3.63) is 59.1 Å². The fourth-order valence-electron chi connectivity index (χ4n) is 1.67. The maximum Gasteiger partial charge on any atom is 0.259 e. The monoisotopic (exact) mass is 275 g/mol. The van der Waals surface area contributed by atoms with Gasteiger partial charge in [-0.05, 0) is 43.3 Å². The molecule has 0 spiro atoms. The lowest BCUT2D eigenvalue weighted by Crippen LogP contribution is -2.13. The lowest BCUT2D eigenvalue weighted by molar-refractivity contribution is 0.102. The van der Waals surface area contributed by atoms with E-state index in [2.05, 4.69) is 5.32 Å². The molecular weight excluding hydrogens is 262 g/mol. The number of amides is 1. The Balaban J connectivity index is 2.18. The van der Waals surface area contributed by atoms with Crippen LogP contribution >= 0.6 is 11.6 Å². The predicted octanol–water partition coefficient (Wildman–Crippen LogP) is 3.99. The number of rotatable bonds is 4. The van der Waals surface area contributed by atoms with Crippen LogP contribution in [0.15, 0.2) is 48.5 Å². The largest absolute Gasteiger partial charge is 0.493 e. The molecule has 0 atom stereocenters. The molecule has 98 valence electrons. The van der Waals surface area contributed by atoms with Gasteiger partial charge in [0.1, 0.15) is 5.75 Å². The van der Waals surface area contributed by atoms with Crippen LogP contribution < -0.4 is 10.1 Å². The normalized spacial score (nSPS) is 10.0. The van der Waals surface area contributed by atoms with Crippen LogP contribution in [0.2, 0.25) is 5.02 Å². The summed E-state index contributed by atoms with van der Waals surface area (Å²) < 4.78 is 5.43. The number of anilines is 1. The molecule has 2 aromatic rings. The number of ether oxygens (including phenoxy) is 1. The number of nitrogens with one attached hydrogen (secondary N) is 1. The molecule has 0 radical (unpaired) electrons. The topological polar surface area (TPSA) is 38.3 Å². The van der Waals surface area contributed by atoms with Gasteiger partial charge in [-0.25, -0.2) is 0 Å². The molecule has 0 fully saturated rings. The zero-order chi connectivity index (χ0) is 13.7. The first-order valence-corrected chi connectivity index (χ1v) is 6.37. The van der Waals surface area contributed by atoms with E-state index in [1.807, 2.05) is 13.0 Å². The summed E-state index contributed by atoms with van der Waals surface area (Å²) in [6.07, 6.45) is 0. The quantitative estimate of drug-likeness (QED) is 0.916. The number of halogens is 1. The van der Waals surface area contributed by atoms with E-state index in [-0.39, 0.29) is 5.91 Å².